The summed E-state index contributed by atoms with van der Waals surface area (Å²) >= 11 is 12.1. The highest BCUT2D eigenvalue weighted by Gasteiger charge is 2.35. The summed E-state index contributed by atoms with van der Waals surface area (Å²) in [6.07, 6.45) is 7.20. The van der Waals surface area contributed by atoms with E-state index in [9.17, 15) is 0 Å². The van der Waals surface area contributed by atoms with Crippen LogP contribution in [-0.2, 0) is 17.8 Å². The first-order valence-electron chi connectivity index (χ1n) is 11.6. The van der Waals surface area contributed by atoms with Crippen LogP contribution in [0, 0.1) is 0 Å². The number of ether oxygens (including phenoxy) is 4. The molecule has 0 radical (unpaired) electrons. The maximum Gasteiger partial charge on any atom is 0.161 e. The summed E-state index contributed by atoms with van der Waals surface area (Å²) in [7, 11) is 3.42. The Morgan fingerprint density at radius 1 is 0.971 bits per heavy atom. The number of halogens is 2. The number of hydrogen-bond acceptors (Lipinski definition) is 6. The molecule has 188 valence electrons. The van der Waals surface area contributed by atoms with Gasteiger partial charge in [0.1, 0.15) is 24.6 Å². The minimum Gasteiger partial charge on any atom is -0.493 e. The highest BCUT2D eigenvalue weighted by Crippen LogP contribution is 2.32. The van der Waals surface area contributed by atoms with E-state index < -0.39 is 0 Å². The third-order valence-electron chi connectivity index (χ3n) is 6.39. The van der Waals surface area contributed by atoms with Crippen LogP contribution in [0.15, 0.2) is 55.1 Å². The summed E-state index contributed by atoms with van der Waals surface area (Å²) in [5, 5.41) is 0.995. The average molecular weight is 520 g/mol. The molecule has 0 unspecified atom stereocenters. The maximum absolute atomic E-state index is 6.11. The first kappa shape index (κ1) is 25.6. The number of methoxy groups -OCH3 is 2. The van der Waals surface area contributed by atoms with E-state index in [1.165, 1.54) is 5.56 Å². The van der Waals surface area contributed by atoms with Crippen LogP contribution in [0.2, 0.25) is 10.0 Å². The lowest BCUT2D eigenvalue weighted by atomic mass is 9.91. The molecule has 1 saturated heterocycles. The summed E-state index contributed by atoms with van der Waals surface area (Å²) in [5.74, 6) is 2.18. The molecule has 0 amide bonds. The van der Waals surface area contributed by atoms with E-state index in [2.05, 4.69) is 22.0 Å². The molecule has 1 aromatic heterocycles. The molecule has 4 rings (SSSR count). The fourth-order valence-corrected chi connectivity index (χ4v) is 4.46. The molecule has 1 fully saturated rings. The van der Waals surface area contributed by atoms with E-state index >= 15 is 0 Å². The second-order valence-corrected chi connectivity index (χ2v) is 9.48. The average Bonchev–Trinajstić information content (AvgIpc) is 3.40. The lowest BCUT2D eigenvalue weighted by molar-refractivity contribution is -0.0839. The molecule has 35 heavy (non-hydrogen) atoms. The van der Waals surface area contributed by atoms with E-state index in [1.807, 2.05) is 22.9 Å². The lowest BCUT2D eigenvalue weighted by Gasteiger charge is -2.40. The van der Waals surface area contributed by atoms with Gasteiger partial charge in [0.15, 0.2) is 11.5 Å². The molecular weight excluding hydrogens is 489 g/mol. The second-order valence-electron chi connectivity index (χ2n) is 8.66. The van der Waals surface area contributed by atoms with Crippen molar-refractivity contribution in [2.24, 2.45) is 0 Å². The van der Waals surface area contributed by atoms with Gasteiger partial charge in [-0.05, 0) is 42.7 Å². The molecule has 0 spiro atoms. The predicted octanol–water partition coefficient (Wildman–Crippen LogP) is 5.34. The van der Waals surface area contributed by atoms with Crippen LogP contribution in [0.3, 0.4) is 0 Å². The van der Waals surface area contributed by atoms with E-state index in [4.69, 9.17) is 42.1 Å². The Morgan fingerprint density at radius 2 is 1.80 bits per heavy atom. The largest absolute Gasteiger partial charge is 0.493 e. The Morgan fingerprint density at radius 3 is 2.49 bits per heavy atom. The predicted molar refractivity (Wildman–Crippen MR) is 137 cm³/mol. The number of hydrogen-bond donors (Lipinski definition) is 0. The quantitative estimate of drug-likeness (QED) is 0.341. The van der Waals surface area contributed by atoms with Crippen molar-refractivity contribution in [3.8, 4) is 17.2 Å². The van der Waals surface area contributed by atoms with E-state index in [1.54, 1.807) is 38.9 Å². The molecular formula is C26H31Cl2N3O4. The van der Waals surface area contributed by atoms with Crippen molar-refractivity contribution in [2.45, 2.75) is 31.5 Å². The Balaban J connectivity index is 1.28. The van der Waals surface area contributed by atoms with Crippen LogP contribution in [0.4, 0.5) is 0 Å². The van der Waals surface area contributed by atoms with Gasteiger partial charge in [-0.1, -0.05) is 29.3 Å². The molecule has 2 heterocycles. The zero-order valence-corrected chi connectivity index (χ0v) is 21.6. The van der Waals surface area contributed by atoms with Crippen molar-refractivity contribution < 1.29 is 18.9 Å². The lowest BCUT2D eigenvalue weighted by Crippen LogP contribution is -2.48. The molecule has 3 aromatic rings. The van der Waals surface area contributed by atoms with Crippen LogP contribution in [-0.4, -0.2) is 60.6 Å². The summed E-state index contributed by atoms with van der Waals surface area (Å²) in [6.45, 7) is 4.39. The second kappa shape index (κ2) is 12.0. The number of nitrogens with zero attached hydrogens (tertiary/aromatic N) is 3. The van der Waals surface area contributed by atoms with E-state index in [0.29, 0.717) is 29.0 Å². The molecule has 0 bridgehead atoms. The van der Waals surface area contributed by atoms with Crippen molar-refractivity contribution >= 4 is 23.2 Å². The molecule has 0 N–H and O–H groups in total. The van der Waals surface area contributed by atoms with Crippen molar-refractivity contribution in [1.29, 1.82) is 0 Å². The number of aromatic nitrogens is 2. The molecule has 0 atom stereocenters. The number of benzene rings is 2. The standard InChI is InChI=1S/C26H31Cl2N3O4/c1-32-25-15-20(3-6-24(25)34-14-13-31-12-9-29-19-31)17-30-10-7-26(33-2,8-11-30)18-35-21-4-5-22(27)23(28)16-21/h3-6,9,12,15-16,19H,7-8,10-11,13-14,17-18H2,1-2H3. The zero-order chi connectivity index (χ0) is 24.7. The minimum atomic E-state index is -0.326. The van der Waals surface area contributed by atoms with Crippen LogP contribution in [0.25, 0.3) is 0 Å². The Bertz CT molecular complexity index is 1090. The van der Waals surface area contributed by atoms with Gasteiger partial charge in [-0.2, -0.15) is 0 Å². The molecule has 7 nitrogen and oxygen atoms in total. The summed E-state index contributed by atoms with van der Waals surface area (Å²) in [5.41, 5.74) is 0.855. The van der Waals surface area contributed by atoms with Gasteiger partial charge < -0.3 is 23.5 Å². The van der Waals surface area contributed by atoms with Gasteiger partial charge >= 0.3 is 0 Å². The molecule has 0 saturated carbocycles. The summed E-state index contributed by atoms with van der Waals surface area (Å²) in [4.78, 5) is 6.47. The van der Waals surface area contributed by atoms with Crippen LogP contribution in [0.1, 0.15) is 18.4 Å². The number of likely N-dealkylation sites (tertiary alicyclic amines) is 1. The normalized spacial score (nSPS) is 15.7. The third kappa shape index (κ3) is 6.82. The SMILES string of the molecule is COc1cc(CN2CCC(COc3ccc(Cl)c(Cl)c3)(OC)CC2)ccc1OCCn1ccnc1. The number of imidazole rings is 1. The van der Waals surface area contributed by atoms with E-state index in [0.717, 1.165) is 50.5 Å². The molecule has 2 aromatic carbocycles. The topological polar surface area (TPSA) is 58.0 Å². The van der Waals surface area contributed by atoms with Crippen molar-refractivity contribution in [3.05, 3.63) is 70.7 Å². The molecule has 1 aliphatic heterocycles. The monoisotopic (exact) mass is 519 g/mol. The van der Waals surface area contributed by atoms with Crippen molar-refractivity contribution in [3.63, 3.8) is 0 Å². The van der Waals surface area contributed by atoms with Crippen molar-refractivity contribution in [2.75, 3.05) is 40.5 Å². The molecule has 1 aliphatic rings. The molecule has 9 heteroatoms. The fraction of sp³-hybridized carbons (Fsp3) is 0.423. The van der Waals surface area contributed by atoms with Gasteiger partial charge in [0.25, 0.3) is 0 Å². The van der Waals surface area contributed by atoms with Crippen molar-refractivity contribution in [1.82, 2.24) is 14.5 Å². The first-order chi connectivity index (χ1) is 17.0. The van der Waals surface area contributed by atoms with Gasteiger partial charge in [0.05, 0.1) is 30.0 Å². The van der Waals surface area contributed by atoms with Gasteiger partial charge in [-0.15, -0.1) is 0 Å². The number of rotatable bonds is 11. The van der Waals surface area contributed by atoms with Crippen LogP contribution < -0.4 is 14.2 Å². The fourth-order valence-electron chi connectivity index (χ4n) is 4.18. The maximum atomic E-state index is 6.11. The van der Waals surface area contributed by atoms with Crippen LogP contribution >= 0.6 is 23.2 Å². The zero-order valence-electron chi connectivity index (χ0n) is 20.1. The summed E-state index contributed by atoms with van der Waals surface area (Å²) in [6, 6.07) is 11.4. The van der Waals surface area contributed by atoms with Gasteiger partial charge in [-0.3, -0.25) is 4.90 Å². The van der Waals surface area contributed by atoms with Gasteiger partial charge in [0, 0.05) is 45.2 Å². The first-order valence-corrected chi connectivity index (χ1v) is 12.4. The van der Waals surface area contributed by atoms with Gasteiger partial charge in [0.2, 0.25) is 0 Å². The summed E-state index contributed by atoms with van der Waals surface area (Å²) < 4.78 is 25.4. The Labute approximate surface area is 216 Å². The Hall–Kier alpha value is -2.45. The highest BCUT2D eigenvalue weighted by atomic mass is 35.5. The highest BCUT2D eigenvalue weighted by molar-refractivity contribution is 6.42. The van der Waals surface area contributed by atoms with E-state index in [-0.39, 0.29) is 5.60 Å². The van der Waals surface area contributed by atoms with Gasteiger partial charge in [-0.25, -0.2) is 4.98 Å². The number of piperidine rings is 1. The minimum absolute atomic E-state index is 0.326. The smallest absolute Gasteiger partial charge is 0.161 e. The third-order valence-corrected chi connectivity index (χ3v) is 7.13. The van der Waals surface area contributed by atoms with Crippen LogP contribution in [0.5, 0.6) is 17.2 Å². The molecule has 0 aliphatic carbocycles. The Kier molecular flexibility index (Phi) is 8.78.